The van der Waals surface area contributed by atoms with Crippen LogP contribution in [-0.4, -0.2) is 43.5 Å². The van der Waals surface area contributed by atoms with Gasteiger partial charge >= 0.3 is 6.18 Å². The van der Waals surface area contributed by atoms with Crippen LogP contribution in [0.1, 0.15) is 60.1 Å². The Hall–Kier alpha value is -3.01. The number of halogens is 3. The summed E-state index contributed by atoms with van der Waals surface area (Å²) in [5.41, 5.74) is 4.03. The Morgan fingerprint density at radius 2 is 1.74 bits per heavy atom. The Kier molecular flexibility index (Phi) is 7.39. The van der Waals surface area contributed by atoms with Crippen LogP contribution in [0.4, 0.5) is 13.2 Å². The zero-order valence-corrected chi connectivity index (χ0v) is 20.3. The number of alkyl halides is 3. The maximum Gasteiger partial charge on any atom is 0.453 e. The van der Waals surface area contributed by atoms with Crippen molar-refractivity contribution in [1.82, 2.24) is 29.8 Å². The average molecular weight is 489 g/mol. The molecule has 1 aliphatic rings. The summed E-state index contributed by atoms with van der Waals surface area (Å²) in [5, 5.41) is 6.47. The zero-order valence-electron chi connectivity index (χ0n) is 20.3. The molecule has 0 atom stereocenters. The van der Waals surface area contributed by atoms with Crippen LogP contribution in [0.2, 0.25) is 0 Å². The third-order valence-corrected chi connectivity index (χ3v) is 6.70. The van der Waals surface area contributed by atoms with Gasteiger partial charge in [0.1, 0.15) is 0 Å². The molecular weight excluding hydrogens is 457 g/mol. The van der Waals surface area contributed by atoms with Crippen LogP contribution in [0.25, 0.3) is 5.78 Å². The van der Waals surface area contributed by atoms with E-state index < -0.39 is 12.0 Å². The highest BCUT2D eigenvalue weighted by molar-refractivity contribution is 5.76. The largest absolute Gasteiger partial charge is 0.453 e. The molecule has 0 saturated carbocycles. The van der Waals surface area contributed by atoms with E-state index in [1.54, 1.807) is 13.8 Å². The van der Waals surface area contributed by atoms with Crippen molar-refractivity contribution in [3.8, 4) is 0 Å². The molecule has 0 bridgehead atoms. The molecule has 0 radical (unpaired) electrons. The minimum absolute atomic E-state index is 0.0983. The van der Waals surface area contributed by atoms with Crippen molar-refractivity contribution in [2.24, 2.45) is 5.92 Å². The van der Waals surface area contributed by atoms with E-state index in [9.17, 15) is 18.0 Å². The number of benzene rings is 1. The summed E-state index contributed by atoms with van der Waals surface area (Å²) < 4.78 is 40.0. The number of aryl methyl sites for hydroxylation is 2. The first-order valence-corrected chi connectivity index (χ1v) is 12.0. The highest BCUT2D eigenvalue weighted by Crippen LogP contribution is 2.27. The first-order valence-electron chi connectivity index (χ1n) is 12.0. The van der Waals surface area contributed by atoms with Crippen LogP contribution in [0.3, 0.4) is 0 Å². The highest BCUT2D eigenvalue weighted by Gasteiger charge is 2.37. The molecule has 1 aromatic carbocycles. The Labute approximate surface area is 202 Å². The van der Waals surface area contributed by atoms with Crippen molar-refractivity contribution < 1.29 is 18.0 Å². The quantitative estimate of drug-likeness (QED) is 0.539. The van der Waals surface area contributed by atoms with Crippen molar-refractivity contribution in [2.45, 2.75) is 65.7 Å². The van der Waals surface area contributed by atoms with Gasteiger partial charge in [0, 0.05) is 30.9 Å². The summed E-state index contributed by atoms with van der Waals surface area (Å²) in [6.45, 7) is 9.33. The van der Waals surface area contributed by atoms with Gasteiger partial charge in [0.2, 0.25) is 5.91 Å². The van der Waals surface area contributed by atoms with Crippen LogP contribution >= 0.6 is 0 Å². The summed E-state index contributed by atoms with van der Waals surface area (Å²) in [6, 6.07) is 8.30. The van der Waals surface area contributed by atoms with Gasteiger partial charge in [-0.2, -0.15) is 18.2 Å². The van der Waals surface area contributed by atoms with Crippen LogP contribution in [0.15, 0.2) is 24.3 Å². The van der Waals surface area contributed by atoms with E-state index in [0.717, 1.165) is 35.6 Å². The lowest BCUT2D eigenvalue weighted by Gasteiger charge is -2.30. The van der Waals surface area contributed by atoms with Crippen molar-refractivity contribution in [3.05, 3.63) is 58.2 Å². The fourth-order valence-corrected chi connectivity index (χ4v) is 4.46. The number of amides is 1. The number of carbonyl (C=O) groups excluding carboxylic acids is 1. The molecule has 1 amide bonds. The van der Waals surface area contributed by atoms with Crippen LogP contribution in [-0.2, 0) is 30.5 Å². The summed E-state index contributed by atoms with van der Waals surface area (Å²) in [5.74, 6) is -0.642. The van der Waals surface area contributed by atoms with Gasteiger partial charge in [-0.05, 0) is 68.8 Å². The first kappa shape index (κ1) is 25.1. The number of carbonyl (C=O) groups is 1. The van der Waals surface area contributed by atoms with Gasteiger partial charge in [-0.15, -0.1) is 5.10 Å². The van der Waals surface area contributed by atoms with Gasteiger partial charge in [-0.1, -0.05) is 31.2 Å². The average Bonchev–Trinajstić information content (AvgIpc) is 3.25. The second-order valence-corrected chi connectivity index (χ2v) is 9.46. The molecule has 1 fully saturated rings. The summed E-state index contributed by atoms with van der Waals surface area (Å²) in [6.07, 6.45) is -1.60. The Morgan fingerprint density at radius 1 is 1.09 bits per heavy atom. The maximum absolute atomic E-state index is 13.0. The monoisotopic (exact) mass is 488 g/mol. The highest BCUT2D eigenvalue weighted by atomic mass is 19.4. The van der Waals surface area contributed by atoms with E-state index in [1.807, 2.05) is 12.1 Å². The van der Waals surface area contributed by atoms with Gasteiger partial charge in [-0.25, -0.2) is 9.50 Å². The molecule has 188 valence electrons. The predicted octanol–water partition coefficient (Wildman–Crippen LogP) is 4.24. The van der Waals surface area contributed by atoms with Gasteiger partial charge in [0.05, 0.1) is 0 Å². The van der Waals surface area contributed by atoms with E-state index >= 15 is 0 Å². The lowest BCUT2D eigenvalue weighted by Crippen LogP contribution is -2.32. The fourth-order valence-electron chi connectivity index (χ4n) is 4.46. The minimum Gasteiger partial charge on any atom is -0.352 e. The van der Waals surface area contributed by atoms with E-state index in [1.165, 1.54) is 18.4 Å². The summed E-state index contributed by atoms with van der Waals surface area (Å²) in [7, 11) is 0. The summed E-state index contributed by atoms with van der Waals surface area (Å²) >= 11 is 0. The van der Waals surface area contributed by atoms with Crippen LogP contribution in [0.5, 0.6) is 0 Å². The van der Waals surface area contributed by atoms with Gasteiger partial charge < -0.3 is 5.32 Å². The number of rotatable bonds is 7. The lowest BCUT2D eigenvalue weighted by atomic mass is 9.99. The first-order chi connectivity index (χ1) is 16.6. The standard InChI is InChI=1S/C25H31F3N6O/c1-16-10-12-33(13-11-16)15-20-6-4-19(5-7-20)14-29-22(35)9-8-21-17(2)30-24-31-23(25(26,27)28)32-34(24)18(21)3/h4-7,16H,8-15H2,1-3H3,(H,29,35). The number of piperidine rings is 1. The second-order valence-electron chi connectivity index (χ2n) is 9.46. The van der Waals surface area contributed by atoms with Gasteiger partial charge in [0.15, 0.2) is 0 Å². The third kappa shape index (κ3) is 6.17. The number of fused-ring (bicyclic) bond motifs is 1. The smallest absolute Gasteiger partial charge is 0.352 e. The van der Waals surface area contributed by atoms with Crippen molar-refractivity contribution in [2.75, 3.05) is 13.1 Å². The van der Waals surface area contributed by atoms with Crippen LogP contribution < -0.4 is 5.32 Å². The van der Waals surface area contributed by atoms with Crippen molar-refractivity contribution in [3.63, 3.8) is 0 Å². The summed E-state index contributed by atoms with van der Waals surface area (Å²) in [4.78, 5) is 22.6. The molecule has 1 aliphatic heterocycles. The SMILES string of the molecule is Cc1nc2nc(C(F)(F)F)nn2c(C)c1CCC(=O)NCc1ccc(CN2CCC(C)CC2)cc1. The molecule has 1 N–H and O–H groups in total. The normalized spacial score (nSPS) is 15.6. The van der Waals surface area contributed by atoms with E-state index in [-0.39, 0.29) is 18.1 Å². The minimum atomic E-state index is -4.64. The number of likely N-dealkylation sites (tertiary alicyclic amines) is 1. The fraction of sp³-hybridized carbons (Fsp3) is 0.520. The molecule has 7 nitrogen and oxygen atoms in total. The van der Waals surface area contributed by atoms with Crippen LogP contribution in [0, 0.1) is 19.8 Å². The molecular formula is C25H31F3N6O. The molecule has 0 aliphatic carbocycles. The Balaban J connectivity index is 1.30. The maximum atomic E-state index is 13.0. The number of aromatic nitrogens is 4. The molecule has 3 heterocycles. The molecule has 3 aromatic rings. The zero-order chi connectivity index (χ0) is 25.2. The Morgan fingerprint density at radius 3 is 2.40 bits per heavy atom. The molecule has 4 rings (SSSR count). The predicted molar refractivity (Wildman–Crippen MR) is 126 cm³/mol. The molecule has 35 heavy (non-hydrogen) atoms. The van der Waals surface area contributed by atoms with Crippen molar-refractivity contribution in [1.29, 1.82) is 0 Å². The number of nitrogens with zero attached hydrogens (tertiary/aromatic N) is 5. The lowest BCUT2D eigenvalue weighted by molar-refractivity contribution is -0.144. The van der Waals surface area contributed by atoms with Gasteiger partial charge in [0.25, 0.3) is 11.6 Å². The molecule has 10 heteroatoms. The number of hydrogen-bond donors (Lipinski definition) is 1. The van der Waals surface area contributed by atoms with Gasteiger partial charge in [-0.3, -0.25) is 9.69 Å². The number of nitrogens with one attached hydrogen (secondary N) is 1. The molecule has 1 saturated heterocycles. The third-order valence-electron chi connectivity index (χ3n) is 6.70. The van der Waals surface area contributed by atoms with Crippen molar-refractivity contribution >= 4 is 11.7 Å². The van der Waals surface area contributed by atoms with E-state index in [4.69, 9.17) is 0 Å². The molecule has 2 aromatic heterocycles. The Bertz CT molecular complexity index is 1180. The van der Waals surface area contributed by atoms with E-state index in [2.05, 4.69) is 44.3 Å². The molecule has 0 spiro atoms. The second kappa shape index (κ2) is 10.3. The van der Waals surface area contributed by atoms with E-state index in [0.29, 0.717) is 29.9 Å². The number of hydrogen-bond acceptors (Lipinski definition) is 5. The molecule has 0 unspecified atom stereocenters. The topological polar surface area (TPSA) is 75.4 Å².